The molecular weight excluding hydrogens is 488 g/mol. The number of nitrogens with one attached hydrogen (secondary N) is 2. The standard InChI is InChI=1S/C23H28N6O8/c1-23(2)11-14-18(16(29(34)35)10-13(22(25)31)20(14)37-23)26-6-4-5-7-27-19-15(28(32)33)8-12(21(24)30)9-17(19)36-3/h8-10,26-27H,4-7,11H2,1-3H3,(H2,24,30)(H2,25,31). The highest BCUT2D eigenvalue weighted by molar-refractivity contribution is 5.99. The Bertz CT molecular complexity index is 1280. The number of hydrogen-bond acceptors (Lipinski definition) is 10. The molecule has 1 aliphatic heterocycles. The number of rotatable bonds is 12. The second-order valence-electron chi connectivity index (χ2n) is 9.04. The largest absolute Gasteiger partial charge is 0.494 e. The third-order valence-electron chi connectivity index (χ3n) is 5.79. The van der Waals surface area contributed by atoms with Crippen molar-refractivity contribution in [2.45, 2.75) is 38.7 Å². The average Bonchev–Trinajstić information content (AvgIpc) is 3.14. The Morgan fingerprint density at radius 3 is 2.08 bits per heavy atom. The lowest BCUT2D eigenvalue weighted by Crippen LogP contribution is -2.25. The van der Waals surface area contributed by atoms with Crippen molar-refractivity contribution < 1.29 is 28.9 Å². The normalized spacial score (nSPS) is 13.3. The van der Waals surface area contributed by atoms with E-state index in [0.717, 1.165) is 12.1 Å². The molecule has 0 aliphatic carbocycles. The van der Waals surface area contributed by atoms with Crippen LogP contribution >= 0.6 is 0 Å². The van der Waals surface area contributed by atoms with Crippen LogP contribution in [0.1, 0.15) is 53.0 Å². The van der Waals surface area contributed by atoms with E-state index in [2.05, 4.69) is 10.6 Å². The summed E-state index contributed by atoms with van der Waals surface area (Å²) >= 11 is 0. The number of carbonyl (C=O) groups is 2. The molecule has 1 heterocycles. The fourth-order valence-electron chi connectivity index (χ4n) is 4.16. The van der Waals surface area contributed by atoms with E-state index in [1.807, 2.05) is 13.8 Å². The van der Waals surface area contributed by atoms with E-state index in [0.29, 0.717) is 37.9 Å². The van der Waals surface area contributed by atoms with E-state index in [9.17, 15) is 29.8 Å². The van der Waals surface area contributed by atoms with Gasteiger partial charge in [-0.2, -0.15) is 0 Å². The summed E-state index contributed by atoms with van der Waals surface area (Å²) < 4.78 is 11.1. The van der Waals surface area contributed by atoms with E-state index in [1.54, 1.807) is 0 Å². The van der Waals surface area contributed by atoms with Gasteiger partial charge in [-0.25, -0.2) is 0 Å². The van der Waals surface area contributed by atoms with Crippen molar-refractivity contribution in [1.29, 1.82) is 0 Å². The Morgan fingerprint density at radius 1 is 1.00 bits per heavy atom. The van der Waals surface area contributed by atoms with Gasteiger partial charge in [0.05, 0.1) is 22.5 Å². The fourth-order valence-corrected chi connectivity index (χ4v) is 4.16. The fraction of sp³-hybridized carbons (Fsp3) is 0.391. The molecule has 198 valence electrons. The summed E-state index contributed by atoms with van der Waals surface area (Å²) in [5, 5.41) is 29.3. The third-order valence-corrected chi connectivity index (χ3v) is 5.79. The number of nitro benzene ring substituents is 2. The van der Waals surface area contributed by atoms with Crippen LogP contribution in [0.5, 0.6) is 11.5 Å². The monoisotopic (exact) mass is 516 g/mol. The lowest BCUT2D eigenvalue weighted by molar-refractivity contribution is -0.384. The number of anilines is 2. The van der Waals surface area contributed by atoms with Gasteiger partial charge in [-0.3, -0.25) is 29.8 Å². The highest BCUT2D eigenvalue weighted by Crippen LogP contribution is 2.46. The Hall–Kier alpha value is -4.62. The molecule has 37 heavy (non-hydrogen) atoms. The van der Waals surface area contributed by atoms with Crippen LogP contribution in [0.3, 0.4) is 0 Å². The van der Waals surface area contributed by atoms with Crippen molar-refractivity contribution in [2.24, 2.45) is 11.5 Å². The molecule has 3 rings (SSSR count). The number of unbranched alkanes of at least 4 members (excludes halogenated alkanes) is 1. The highest BCUT2D eigenvalue weighted by Gasteiger charge is 2.38. The molecule has 2 amide bonds. The van der Waals surface area contributed by atoms with Crippen molar-refractivity contribution in [3.8, 4) is 11.5 Å². The minimum atomic E-state index is -0.822. The SMILES string of the molecule is COc1cc(C(N)=O)cc([N+](=O)[O-])c1NCCCCNc1c([N+](=O)[O-])cc(C(N)=O)c2c1CC(C)(C)O2. The summed E-state index contributed by atoms with van der Waals surface area (Å²) in [4.78, 5) is 45.4. The second kappa shape index (κ2) is 10.6. The number of ether oxygens (including phenoxy) is 2. The summed E-state index contributed by atoms with van der Waals surface area (Å²) in [5.41, 5.74) is 10.2. The van der Waals surface area contributed by atoms with Crippen LogP contribution < -0.4 is 31.6 Å². The smallest absolute Gasteiger partial charge is 0.296 e. The Kier molecular flexibility index (Phi) is 7.70. The maximum absolute atomic E-state index is 11.9. The van der Waals surface area contributed by atoms with E-state index in [4.69, 9.17) is 20.9 Å². The summed E-state index contributed by atoms with van der Waals surface area (Å²) in [7, 11) is 1.32. The predicted octanol–water partition coefficient (Wildman–Crippen LogP) is 2.73. The average molecular weight is 517 g/mol. The van der Waals surface area contributed by atoms with Gasteiger partial charge in [-0.1, -0.05) is 0 Å². The number of primary amides is 2. The van der Waals surface area contributed by atoms with Crippen LogP contribution in [0.2, 0.25) is 0 Å². The maximum Gasteiger partial charge on any atom is 0.296 e. The van der Waals surface area contributed by atoms with Gasteiger partial charge >= 0.3 is 0 Å². The number of fused-ring (bicyclic) bond motifs is 1. The van der Waals surface area contributed by atoms with Crippen LogP contribution in [0, 0.1) is 20.2 Å². The number of nitro groups is 2. The van der Waals surface area contributed by atoms with Crippen molar-refractivity contribution >= 4 is 34.6 Å². The highest BCUT2D eigenvalue weighted by atomic mass is 16.6. The number of nitrogens with zero attached hydrogens (tertiary/aromatic N) is 2. The van der Waals surface area contributed by atoms with E-state index in [1.165, 1.54) is 13.2 Å². The molecule has 0 atom stereocenters. The zero-order chi connectivity index (χ0) is 27.5. The Morgan fingerprint density at radius 2 is 1.57 bits per heavy atom. The number of benzene rings is 2. The van der Waals surface area contributed by atoms with Gasteiger partial charge in [0.2, 0.25) is 5.91 Å². The molecule has 6 N–H and O–H groups in total. The summed E-state index contributed by atoms with van der Waals surface area (Å²) in [6.45, 7) is 4.27. The zero-order valence-corrected chi connectivity index (χ0v) is 20.6. The lowest BCUT2D eigenvalue weighted by Gasteiger charge is -2.17. The summed E-state index contributed by atoms with van der Waals surface area (Å²) in [6.07, 6.45) is 1.41. The first-order chi connectivity index (χ1) is 17.4. The Labute approximate surface area is 211 Å². The molecule has 14 heteroatoms. The maximum atomic E-state index is 11.9. The van der Waals surface area contributed by atoms with Crippen LogP contribution in [0.4, 0.5) is 22.7 Å². The molecule has 0 fully saturated rings. The second-order valence-corrected chi connectivity index (χ2v) is 9.04. The van der Waals surface area contributed by atoms with Crippen molar-refractivity contribution in [3.05, 3.63) is 55.1 Å². The zero-order valence-electron chi connectivity index (χ0n) is 20.6. The van der Waals surface area contributed by atoms with Gasteiger partial charge in [0.25, 0.3) is 17.3 Å². The van der Waals surface area contributed by atoms with Crippen molar-refractivity contribution in [3.63, 3.8) is 0 Å². The van der Waals surface area contributed by atoms with Gasteiger partial charge < -0.3 is 31.6 Å². The molecular formula is C23H28N6O8. The molecule has 14 nitrogen and oxygen atoms in total. The molecule has 0 saturated carbocycles. The predicted molar refractivity (Wildman–Crippen MR) is 134 cm³/mol. The topological polar surface area (TPSA) is 215 Å². The minimum Gasteiger partial charge on any atom is -0.494 e. The van der Waals surface area contributed by atoms with E-state index in [-0.39, 0.29) is 45.4 Å². The first kappa shape index (κ1) is 27.0. The third kappa shape index (κ3) is 5.79. The van der Waals surface area contributed by atoms with Gasteiger partial charge in [0.1, 0.15) is 22.8 Å². The van der Waals surface area contributed by atoms with Gasteiger partial charge in [0, 0.05) is 42.8 Å². The molecule has 0 aromatic heterocycles. The van der Waals surface area contributed by atoms with E-state index >= 15 is 0 Å². The number of hydrogen-bond donors (Lipinski definition) is 4. The molecule has 0 unspecified atom stereocenters. The van der Waals surface area contributed by atoms with Gasteiger partial charge in [0.15, 0.2) is 5.69 Å². The van der Waals surface area contributed by atoms with Crippen LogP contribution in [-0.2, 0) is 6.42 Å². The van der Waals surface area contributed by atoms with Crippen molar-refractivity contribution in [2.75, 3.05) is 30.8 Å². The van der Waals surface area contributed by atoms with Crippen LogP contribution in [-0.4, -0.2) is 47.5 Å². The molecule has 0 saturated heterocycles. The Balaban J connectivity index is 1.71. The molecule has 2 aromatic rings. The molecule has 0 radical (unpaired) electrons. The minimum absolute atomic E-state index is 0.0417. The first-order valence-corrected chi connectivity index (χ1v) is 11.3. The van der Waals surface area contributed by atoms with E-state index < -0.39 is 27.3 Å². The van der Waals surface area contributed by atoms with Crippen LogP contribution in [0.25, 0.3) is 0 Å². The first-order valence-electron chi connectivity index (χ1n) is 11.3. The number of amides is 2. The van der Waals surface area contributed by atoms with Crippen molar-refractivity contribution in [1.82, 2.24) is 0 Å². The summed E-state index contributed by atoms with van der Waals surface area (Å²) in [5.74, 6) is -1.30. The molecule has 1 aliphatic rings. The number of nitrogens with two attached hydrogens (primary N) is 2. The number of methoxy groups -OCH3 is 1. The van der Waals surface area contributed by atoms with Gasteiger partial charge in [-0.05, 0) is 32.8 Å². The lowest BCUT2D eigenvalue weighted by atomic mass is 9.97. The molecule has 2 aromatic carbocycles. The number of carbonyl (C=O) groups excluding carboxylic acids is 2. The summed E-state index contributed by atoms with van der Waals surface area (Å²) in [6, 6.07) is 3.51. The van der Waals surface area contributed by atoms with Crippen LogP contribution in [0.15, 0.2) is 18.2 Å². The molecule has 0 bridgehead atoms. The van der Waals surface area contributed by atoms with Gasteiger partial charge in [-0.15, -0.1) is 0 Å². The quantitative estimate of drug-likeness (QED) is 0.184. The molecule has 0 spiro atoms.